The molecule has 1 nitrogen and oxygen atoms in total. The van der Waals surface area contributed by atoms with E-state index in [1.54, 1.807) is 12.1 Å². The van der Waals surface area contributed by atoms with Crippen LogP contribution >= 0.6 is 0 Å². The van der Waals surface area contributed by atoms with Gasteiger partial charge in [0.05, 0.1) is 0 Å². The van der Waals surface area contributed by atoms with Crippen molar-refractivity contribution >= 4 is 0 Å². The van der Waals surface area contributed by atoms with Gasteiger partial charge in [-0.1, -0.05) is 19.1 Å². The maximum absolute atomic E-state index is 12.7. The Hall–Kier alpha value is -0.890. The molecule has 1 aliphatic heterocycles. The molecule has 2 heteroatoms. The SMILES string of the molecule is CC(Cc1ccc(F)cc1)CN1CCCC1. The summed E-state index contributed by atoms with van der Waals surface area (Å²) in [4.78, 5) is 2.54. The topological polar surface area (TPSA) is 3.24 Å². The number of likely N-dealkylation sites (tertiary alicyclic amines) is 1. The maximum Gasteiger partial charge on any atom is 0.123 e. The summed E-state index contributed by atoms with van der Waals surface area (Å²) in [6.45, 7) is 5.97. The molecule has 1 aromatic rings. The number of hydrogen-bond donors (Lipinski definition) is 0. The quantitative estimate of drug-likeness (QED) is 0.755. The molecule has 0 bridgehead atoms. The molecule has 0 aliphatic carbocycles. The van der Waals surface area contributed by atoms with Crippen LogP contribution in [0.15, 0.2) is 24.3 Å². The summed E-state index contributed by atoms with van der Waals surface area (Å²) in [7, 11) is 0. The molecule has 16 heavy (non-hydrogen) atoms. The Kier molecular flexibility index (Phi) is 3.94. The molecule has 1 atom stereocenters. The Labute approximate surface area is 97.3 Å². The summed E-state index contributed by atoms with van der Waals surface area (Å²) in [5, 5.41) is 0. The minimum absolute atomic E-state index is 0.143. The molecule has 1 aromatic carbocycles. The second-order valence-electron chi connectivity index (χ2n) is 4.94. The summed E-state index contributed by atoms with van der Waals surface area (Å²) >= 11 is 0. The van der Waals surface area contributed by atoms with E-state index in [0.717, 1.165) is 6.42 Å². The van der Waals surface area contributed by atoms with Crippen molar-refractivity contribution < 1.29 is 4.39 Å². The van der Waals surface area contributed by atoms with Crippen molar-refractivity contribution in [3.63, 3.8) is 0 Å². The van der Waals surface area contributed by atoms with Gasteiger partial charge in [0.1, 0.15) is 5.82 Å². The third-order valence-electron chi connectivity index (χ3n) is 3.27. The Bertz CT molecular complexity index is 314. The third-order valence-corrected chi connectivity index (χ3v) is 3.27. The standard InChI is InChI=1S/C14H20FN/c1-12(11-16-8-2-3-9-16)10-13-4-6-14(15)7-5-13/h4-7,12H,2-3,8-11H2,1H3. The van der Waals surface area contributed by atoms with Gasteiger partial charge >= 0.3 is 0 Å². The smallest absolute Gasteiger partial charge is 0.123 e. The van der Waals surface area contributed by atoms with Crippen molar-refractivity contribution in [2.45, 2.75) is 26.2 Å². The zero-order valence-electron chi connectivity index (χ0n) is 9.95. The number of rotatable bonds is 4. The van der Waals surface area contributed by atoms with Crippen molar-refractivity contribution in [3.05, 3.63) is 35.6 Å². The molecular weight excluding hydrogens is 201 g/mol. The minimum atomic E-state index is -0.143. The predicted octanol–water partition coefficient (Wildman–Crippen LogP) is 3.10. The molecule has 2 rings (SSSR count). The molecule has 1 aliphatic rings. The van der Waals surface area contributed by atoms with Gasteiger partial charge in [0.15, 0.2) is 0 Å². The normalized spacial score (nSPS) is 18.9. The second kappa shape index (κ2) is 5.44. The highest BCUT2D eigenvalue weighted by Gasteiger charge is 2.14. The van der Waals surface area contributed by atoms with Gasteiger partial charge in [-0.25, -0.2) is 4.39 Å². The number of hydrogen-bond acceptors (Lipinski definition) is 1. The van der Waals surface area contributed by atoms with Crippen molar-refractivity contribution in [2.75, 3.05) is 19.6 Å². The molecule has 0 spiro atoms. The lowest BCUT2D eigenvalue weighted by molar-refractivity contribution is 0.287. The first-order chi connectivity index (χ1) is 7.74. The van der Waals surface area contributed by atoms with Crippen molar-refractivity contribution in [1.82, 2.24) is 4.90 Å². The van der Waals surface area contributed by atoms with E-state index in [1.807, 2.05) is 12.1 Å². The Balaban J connectivity index is 1.81. The van der Waals surface area contributed by atoms with Crippen LogP contribution < -0.4 is 0 Å². The van der Waals surface area contributed by atoms with Crippen LogP contribution in [0, 0.1) is 11.7 Å². The molecule has 0 aromatic heterocycles. The fourth-order valence-corrected chi connectivity index (χ4v) is 2.49. The monoisotopic (exact) mass is 221 g/mol. The van der Waals surface area contributed by atoms with E-state index in [-0.39, 0.29) is 5.82 Å². The lowest BCUT2D eigenvalue weighted by Gasteiger charge is -2.20. The number of nitrogens with zero attached hydrogens (tertiary/aromatic N) is 1. The van der Waals surface area contributed by atoms with Crippen LogP contribution in [0.4, 0.5) is 4.39 Å². The molecule has 1 fully saturated rings. The van der Waals surface area contributed by atoms with E-state index >= 15 is 0 Å². The van der Waals surface area contributed by atoms with Gasteiger partial charge in [0.25, 0.3) is 0 Å². The van der Waals surface area contributed by atoms with Crippen LogP contribution in [0.25, 0.3) is 0 Å². The molecule has 1 unspecified atom stereocenters. The molecule has 1 saturated heterocycles. The van der Waals surface area contributed by atoms with Gasteiger partial charge in [0, 0.05) is 6.54 Å². The van der Waals surface area contributed by atoms with E-state index in [1.165, 1.54) is 38.0 Å². The summed E-state index contributed by atoms with van der Waals surface area (Å²) in [6, 6.07) is 6.90. The fourth-order valence-electron chi connectivity index (χ4n) is 2.49. The highest BCUT2D eigenvalue weighted by atomic mass is 19.1. The Morgan fingerprint density at radius 2 is 1.81 bits per heavy atom. The first kappa shape index (κ1) is 11.6. The number of halogens is 1. The summed E-state index contributed by atoms with van der Waals surface area (Å²) in [6.07, 6.45) is 3.75. The predicted molar refractivity (Wildman–Crippen MR) is 64.9 cm³/mol. The molecular formula is C14H20FN. The highest BCUT2D eigenvalue weighted by molar-refractivity contribution is 5.16. The molecule has 0 saturated carbocycles. The van der Waals surface area contributed by atoms with Crippen LogP contribution in [-0.2, 0) is 6.42 Å². The maximum atomic E-state index is 12.7. The average molecular weight is 221 g/mol. The first-order valence-electron chi connectivity index (χ1n) is 6.21. The Morgan fingerprint density at radius 3 is 2.44 bits per heavy atom. The van der Waals surface area contributed by atoms with Crippen LogP contribution in [0.3, 0.4) is 0 Å². The van der Waals surface area contributed by atoms with Gasteiger partial charge in [-0.2, -0.15) is 0 Å². The van der Waals surface area contributed by atoms with Gasteiger partial charge in [0.2, 0.25) is 0 Å². The van der Waals surface area contributed by atoms with Crippen molar-refractivity contribution in [3.8, 4) is 0 Å². The van der Waals surface area contributed by atoms with E-state index in [4.69, 9.17) is 0 Å². The molecule has 1 heterocycles. The third kappa shape index (κ3) is 3.31. The lowest BCUT2D eigenvalue weighted by atomic mass is 10.0. The minimum Gasteiger partial charge on any atom is -0.303 e. The zero-order valence-corrected chi connectivity index (χ0v) is 9.95. The van der Waals surface area contributed by atoms with E-state index in [2.05, 4.69) is 11.8 Å². The molecule has 0 N–H and O–H groups in total. The Morgan fingerprint density at radius 1 is 1.19 bits per heavy atom. The van der Waals surface area contributed by atoms with E-state index < -0.39 is 0 Å². The van der Waals surface area contributed by atoms with Crippen LogP contribution in [0.1, 0.15) is 25.3 Å². The largest absolute Gasteiger partial charge is 0.303 e. The summed E-state index contributed by atoms with van der Waals surface area (Å²) < 4.78 is 12.7. The van der Waals surface area contributed by atoms with E-state index in [0.29, 0.717) is 5.92 Å². The highest BCUT2D eigenvalue weighted by Crippen LogP contribution is 2.14. The fraction of sp³-hybridized carbons (Fsp3) is 0.571. The van der Waals surface area contributed by atoms with Crippen LogP contribution in [-0.4, -0.2) is 24.5 Å². The lowest BCUT2D eigenvalue weighted by Crippen LogP contribution is -2.26. The van der Waals surface area contributed by atoms with Gasteiger partial charge in [-0.15, -0.1) is 0 Å². The summed E-state index contributed by atoms with van der Waals surface area (Å²) in [5.41, 5.74) is 1.24. The summed E-state index contributed by atoms with van der Waals surface area (Å²) in [5.74, 6) is 0.513. The zero-order chi connectivity index (χ0) is 11.4. The van der Waals surface area contributed by atoms with Gasteiger partial charge in [-0.3, -0.25) is 0 Å². The molecule has 0 radical (unpaired) electrons. The second-order valence-corrected chi connectivity index (χ2v) is 4.94. The van der Waals surface area contributed by atoms with Gasteiger partial charge in [-0.05, 0) is 56.0 Å². The first-order valence-corrected chi connectivity index (χ1v) is 6.21. The van der Waals surface area contributed by atoms with Crippen molar-refractivity contribution in [1.29, 1.82) is 0 Å². The van der Waals surface area contributed by atoms with Crippen LogP contribution in [0.5, 0.6) is 0 Å². The molecule has 0 amide bonds. The van der Waals surface area contributed by atoms with Crippen LogP contribution in [0.2, 0.25) is 0 Å². The van der Waals surface area contributed by atoms with Gasteiger partial charge < -0.3 is 4.90 Å². The van der Waals surface area contributed by atoms with E-state index in [9.17, 15) is 4.39 Å². The number of benzene rings is 1. The average Bonchev–Trinajstić information content (AvgIpc) is 2.74. The van der Waals surface area contributed by atoms with Crippen molar-refractivity contribution in [2.24, 2.45) is 5.92 Å². The molecule has 88 valence electrons.